The lowest BCUT2D eigenvalue weighted by atomic mass is 9.77. The summed E-state index contributed by atoms with van der Waals surface area (Å²) in [6.07, 6.45) is 0.948. The lowest BCUT2D eigenvalue weighted by Gasteiger charge is -2.38. The van der Waals surface area contributed by atoms with Gasteiger partial charge in [-0.25, -0.2) is 4.98 Å². The van der Waals surface area contributed by atoms with Crippen LogP contribution in [0.2, 0.25) is 0 Å². The van der Waals surface area contributed by atoms with Crippen LogP contribution in [0.3, 0.4) is 0 Å². The van der Waals surface area contributed by atoms with Crippen molar-refractivity contribution < 1.29 is 9.90 Å². The summed E-state index contributed by atoms with van der Waals surface area (Å²) in [6.45, 7) is 1.74. The predicted molar refractivity (Wildman–Crippen MR) is 123 cm³/mol. The first-order valence-electron chi connectivity index (χ1n) is 10.1. The molecule has 0 atom stereocenters. The fourth-order valence-corrected chi connectivity index (χ4v) is 3.90. The highest BCUT2D eigenvalue weighted by molar-refractivity contribution is 6.24. The molecule has 1 aliphatic rings. The molecule has 0 bridgehead atoms. The quantitative estimate of drug-likeness (QED) is 0.287. The molecular formula is C24H25N5O2. The Morgan fingerprint density at radius 1 is 1.06 bits per heavy atom. The summed E-state index contributed by atoms with van der Waals surface area (Å²) in [7, 11) is 0. The molecule has 7 N–H and O–H groups in total. The van der Waals surface area contributed by atoms with Crippen LogP contribution in [0.1, 0.15) is 25.3 Å². The number of nitrogens with zero attached hydrogens (tertiary/aromatic N) is 2. The normalized spacial score (nSPS) is 22.0. The van der Waals surface area contributed by atoms with Crippen LogP contribution in [0, 0.1) is 0 Å². The van der Waals surface area contributed by atoms with Crippen LogP contribution in [0.15, 0.2) is 71.2 Å². The van der Waals surface area contributed by atoms with Gasteiger partial charge in [-0.05, 0) is 31.9 Å². The standard InChI is InChI=1S/C24H25N5O2/c1-24(31)12-17(13-24)28-22(26)20(23(27)30)21(25)16-8-7-15-9-10-18(29-19(15)11-16)14-5-3-2-4-6-14/h2-11,17,31H,12-13,25H2,1H3,(H2,26,28)(H2,27,30)/b21-20+. The van der Waals surface area contributed by atoms with Crippen molar-refractivity contribution >= 4 is 28.3 Å². The van der Waals surface area contributed by atoms with Crippen molar-refractivity contribution in [2.24, 2.45) is 22.2 Å². The maximum Gasteiger partial charge on any atom is 0.254 e. The maximum absolute atomic E-state index is 12.1. The van der Waals surface area contributed by atoms with Gasteiger partial charge in [0.15, 0.2) is 0 Å². The minimum atomic E-state index is -0.754. The van der Waals surface area contributed by atoms with E-state index < -0.39 is 11.5 Å². The Hall–Kier alpha value is -3.71. The Balaban J connectivity index is 1.73. The molecule has 1 aliphatic carbocycles. The van der Waals surface area contributed by atoms with Crippen LogP contribution >= 0.6 is 0 Å². The number of hydrogen-bond donors (Lipinski definition) is 4. The molecule has 0 aliphatic heterocycles. The molecule has 1 fully saturated rings. The van der Waals surface area contributed by atoms with Crippen molar-refractivity contribution in [2.45, 2.75) is 31.4 Å². The molecule has 7 nitrogen and oxygen atoms in total. The van der Waals surface area contributed by atoms with Gasteiger partial charge in [0.1, 0.15) is 11.4 Å². The third-order valence-electron chi connectivity index (χ3n) is 5.52. The van der Waals surface area contributed by atoms with Gasteiger partial charge in [-0.2, -0.15) is 0 Å². The Labute approximate surface area is 180 Å². The molecule has 158 valence electrons. The molecular weight excluding hydrogens is 390 g/mol. The molecule has 1 heterocycles. The number of amides is 1. The van der Waals surface area contributed by atoms with E-state index in [1.807, 2.05) is 54.6 Å². The minimum absolute atomic E-state index is 0.0170. The van der Waals surface area contributed by atoms with Crippen molar-refractivity contribution in [1.82, 2.24) is 4.98 Å². The number of carbonyl (C=O) groups is 1. The van der Waals surface area contributed by atoms with E-state index in [1.165, 1.54) is 0 Å². The second-order valence-corrected chi connectivity index (χ2v) is 8.20. The number of pyridine rings is 1. The molecule has 1 saturated carbocycles. The number of amidine groups is 1. The lowest BCUT2D eigenvalue weighted by molar-refractivity contribution is -0.114. The van der Waals surface area contributed by atoms with Gasteiger partial charge in [0, 0.05) is 16.5 Å². The highest BCUT2D eigenvalue weighted by Gasteiger charge is 2.38. The average Bonchev–Trinajstić information content (AvgIpc) is 2.72. The molecule has 0 unspecified atom stereocenters. The van der Waals surface area contributed by atoms with Gasteiger partial charge in [-0.15, -0.1) is 0 Å². The number of benzene rings is 2. The first-order valence-corrected chi connectivity index (χ1v) is 10.1. The largest absolute Gasteiger partial charge is 0.397 e. The Morgan fingerprint density at radius 2 is 1.74 bits per heavy atom. The summed E-state index contributed by atoms with van der Waals surface area (Å²) in [5.41, 5.74) is 20.5. The second-order valence-electron chi connectivity index (χ2n) is 8.20. The Kier molecular flexibility index (Phi) is 5.20. The van der Waals surface area contributed by atoms with Gasteiger partial charge in [0.05, 0.1) is 28.6 Å². The zero-order chi connectivity index (χ0) is 22.2. The lowest BCUT2D eigenvalue weighted by Crippen LogP contribution is -2.44. The third kappa shape index (κ3) is 4.27. The number of primary amides is 1. The highest BCUT2D eigenvalue weighted by atomic mass is 16.3. The van der Waals surface area contributed by atoms with Crippen LogP contribution in [0.4, 0.5) is 0 Å². The summed E-state index contributed by atoms with van der Waals surface area (Å²) in [4.78, 5) is 21.2. The van der Waals surface area contributed by atoms with Gasteiger partial charge in [0.2, 0.25) is 0 Å². The number of rotatable bonds is 5. The summed E-state index contributed by atoms with van der Waals surface area (Å²) in [6, 6.07) is 19.1. The topological polar surface area (TPSA) is 141 Å². The number of aliphatic imine (C=N–C) groups is 1. The van der Waals surface area contributed by atoms with Crippen molar-refractivity contribution in [3.63, 3.8) is 0 Å². The number of aromatic nitrogens is 1. The third-order valence-corrected chi connectivity index (χ3v) is 5.52. The molecule has 0 spiro atoms. The zero-order valence-corrected chi connectivity index (χ0v) is 17.2. The number of fused-ring (bicyclic) bond motifs is 1. The van der Waals surface area contributed by atoms with Gasteiger partial charge in [0.25, 0.3) is 5.91 Å². The van der Waals surface area contributed by atoms with Crippen LogP contribution in [0.25, 0.3) is 27.9 Å². The minimum Gasteiger partial charge on any atom is -0.397 e. The molecule has 31 heavy (non-hydrogen) atoms. The molecule has 0 saturated heterocycles. The predicted octanol–water partition coefficient (Wildman–Crippen LogP) is 2.33. The Morgan fingerprint density at radius 3 is 2.39 bits per heavy atom. The summed E-state index contributed by atoms with van der Waals surface area (Å²) >= 11 is 0. The molecule has 7 heteroatoms. The van der Waals surface area contributed by atoms with Crippen LogP contribution in [0.5, 0.6) is 0 Å². The van der Waals surface area contributed by atoms with Crippen LogP contribution in [-0.2, 0) is 4.79 Å². The van der Waals surface area contributed by atoms with E-state index in [9.17, 15) is 9.90 Å². The fraction of sp³-hybridized carbons (Fsp3) is 0.208. The summed E-state index contributed by atoms with van der Waals surface area (Å²) < 4.78 is 0. The molecule has 4 rings (SSSR count). The molecule has 3 aromatic rings. The number of aliphatic hydroxyl groups is 1. The fourth-order valence-electron chi connectivity index (χ4n) is 3.90. The van der Waals surface area contributed by atoms with E-state index >= 15 is 0 Å². The van der Waals surface area contributed by atoms with Crippen LogP contribution in [-0.4, -0.2) is 33.5 Å². The van der Waals surface area contributed by atoms with E-state index in [4.69, 9.17) is 22.2 Å². The van der Waals surface area contributed by atoms with Crippen LogP contribution < -0.4 is 17.2 Å². The average molecular weight is 415 g/mol. The first kappa shape index (κ1) is 20.6. The first-order chi connectivity index (χ1) is 14.7. The number of hydrogen-bond acceptors (Lipinski definition) is 5. The highest BCUT2D eigenvalue weighted by Crippen LogP contribution is 2.34. The number of carbonyl (C=O) groups excluding carboxylic acids is 1. The zero-order valence-electron chi connectivity index (χ0n) is 17.2. The van der Waals surface area contributed by atoms with Gasteiger partial charge < -0.3 is 22.3 Å². The van der Waals surface area contributed by atoms with E-state index in [1.54, 1.807) is 13.0 Å². The van der Waals surface area contributed by atoms with Crippen molar-refractivity contribution in [3.8, 4) is 11.3 Å². The van der Waals surface area contributed by atoms with Gasteiger partial charge in [-0.3, -0.25) is 9.79 Å². The van der Waals surface area contributed by atoms with Crippen molar-refractivity contribution in [3.05, 3.63) is 71.8 Å². The number of nitrogens with two attached hydrogens (primary N) is 3. The van der Waals surface area contributed by atoms with Gasteiger partial charge >= 0.3 is 0 Å². The van der Waals surface area contributed by atoms with E-state index in [2.05, 4.69) is 4.99 Å². The monoisotopic (exact) mass is 415 g/mol. The van der Waals surface area contributed by atoms with Gasteiger partial charge in [-0.1, -0.05) is 48.5 Å². The SMILES string of the molecule is CC1(O)CC(N=C(N)/C(C(N)=O)=C(\N)c2ccc3ccc(-c4ccccc4)nc3c2)C1. The molecule has 1 amide bonds. The molecule has 2 aromatic carbocycles. The molecule has 0 radical (unpaired) electrons. The summed E-state index contributed by atoms with van der Waals surface area (Å²) in [5, 5.41) is 10.8. The summed E-state index contributed by atoms with van der Waals surface area (Å²) in [5.74, 6) is -0.771. The van der Waals surface area contributed by atoms with E-state index in [0.29, 0.717) is 18.4 Å². The maximum atomic E-state index is 12.1. The smallest absolute Gasteiger partial charge is 0.254 e. The molecule has 1 aromatic heterocycles. The Bertz CT molecular complexity index is 1210. The van der Waals surface area contributed by atoms with Crippen molar-refractivity contribution in [2.75, 3.05) is 0 Å². The van der Waals surface area contributed by atoms with Crippen molar-refractivity contribution in [1.29, 1.82) is 0 Å². The van der Waals surface area contributed by atoms with E-state index in [-0.39, 0.29) is 23.1 Å². The second kappa shape index (κ2) is 7.85. The van der Waals surface area contributed by atoms with E-state index in [0.717, 1.165) is 22.2 Å².